The van der Waals surface area contributed by atoms with Gasteiger partial charge in [-0.15, -0.1) is 0 Å². The first kappa shape index (κ1) is 13.3. The summed E-state index contributed by atoms with van der Waals surface area (Å²) in [5, 5.41) is 8.95. The minimum absolute atomic E-state index is 0.0621. The van der Waals surface area contributed by atoms with Crippen LogP contribution in [0.5, 0.6) is 0 Å². The molecule has 0 N–H and O–H groups in total. The van der Waals surface area contributed by atoms with Crippen molar-refractivity contribution in [3.63, 3.8) is 0 Å². The molecule has 110 valence electrons. The lowest BCUT2D eigenvalue weighted by molar-refractivity contribution is -0.123. The molecule has 22 heavy (non-hydrogen) atoms. The third-order valence-electron chi connectivity index (χ3n) is 5.32. The molecule has 4 rings (SSSR count). The van der Waals surface area contributed by atoms with Crippen LogP contribution in [0.1, 0.15) is 24.8 Å². The normalized spacial score (nSPS) is 33.2. The fraction of sp³-hybridized carbons (Fsp3) is 0.389. The molecule has 4 heteroatoms. The minimum atomic E-state index is -0.196. The van der Waals surface area contributed by atoms with Crippen molar-refractivity contribution in [3.8, 4) is 6.07 Å². The average Bonchev–Trinajstić information content (AvgIpc) is 3.21. The zero-order chi connectivity index (χ0) is 15.4. The molecule has 1 heterocycles. The summed E-state index contributed by atoms with van der Waals surface area (Å²) in [7, 11) is 0. The van der Waals surface area contributed by atoms with E-state index >= 15 is 0 Å². The van der Waals surface area contributed by atoms with Crippen LogP contribution in [0.15, 0.2) is 36.4 Å². The van der Waals surface area contributed by atoms with Crippen molar-refractivity contribution in [1.82, 2.24) is 0 Å². The lowest BCUT2D eigenvalue weighted by atomic mass is 9.85. The van der Waals surface area contributed by atoms with Gasteiger partial charge in [0.05, 0.1) is 29.5 Å². The molecule has 1 aromatic carbocycles. The van der Waals surface area contributed by atoms with Crippen LogP contribution >= 0.6 is 0 Å². The molecule has 4 nitrogen and oxygen atoms in total. The predicted molar refractivity (Wildman–Crippen MR) is 80.7 cm³/mol. The molecule has 2 fully saturated rings. The quantitative estimate of drug-likeness (QED) is 0.622. The highest BCUT2D eigenvalue weighted by Gasteiger charge is 2.59. The van der Waals surface area contributed by atoms with Crippen molar-refractivity contribution in [2.45, 2.75) is 19.3 Å². The van der Waals surface area contributed by atoms with Crippen molar-refractivity contribution >= 4 is 17.5 Å². The number of anilines is 1. The number of nitrogens with zero attached hydrogens (tertiary/aromatic N) is 2. The molecule has 2 bridgehead atoms. The van der Waals surface area contributed by atoms with E-state index in [9.17, 15) is 9.59 Å². The van der Waals surface area contributed by atoms with E-state index in [1.54, 1.807) is 12.1 Å². The first-order chi connectivity index (χ1) is 10.6. The SMILES string of the molecule is CC(C#N)c1ccc(N2C(=O)C3C4C=CC(C4)C3C2=O)cc1. The molecule has 5 atom stereocenters. The van der Waals surface area contributed by atoms with Gasteiger partial charge in [-0.3, -0.25) is 14.5 Å². The predicted octanol–water partition coefficient (Wildman–Crippen LogP) is 2.63. The standard InChI is InChI=1S/C18H16N2O2/c1-10(9-19)11-4-6-14(7-5-11)20-17(21)15-12-2-3-13(8-12)16(15)18(20)22/h2-7,10,12-13,15-16H,8H2,1H3. The first-order valence-electron chi connectivity index (χ1n) is 7.67. The third kappa shape index (κ3) is 1.62. The van der Waals surface area contributed by atoms with Crippen molar-refractivity contribution in [1.29, 1.82) is 5.26 Å². The van der Waals surface area contributed by atoms with Gasteiger partial charge < -0.3 is 0 Å². The molecular formula is C18H16N2O2. The fourth-order valence-electron chi connectivity index (χ4n) is 4.14. The zero-order valence-corrected chi connectivity index (χ0v) is 12.3. The lowest BCUT2D eigenvalue weighted by Crippen LogP contribution is -2.32. The summed E-state index contributed by atoms with van der Waals surface area (Å²) >= 11 is 0. The van der Waals surface area contributed by atoms with E-state index < -0.39 is 0 Å². The summed E-state index contributed by atoms with van der Waals surface area (Å²) in [6.45, 7) is 1.83. The van der Waals surface area contributed by atoms with Crippen LogP contribution in [0.2, 0.25) is 0 Å². The van der Waals surface area contributed by atoms with Gasteiger partial charge in [0.15, 0.2) is 0 Å². The van der Waals surface area contributed by atoms with Gasteiger partial charge in [-0.25, -0.2) is 0 Å². The van der Waals surface area contributed by atoms with Crippen molar-refractivity contribution < 1.29 is 9.59 Å². The largest absolute Gasteiger partial charge is 0.274 e. The topological polar surface area (TPSA) is 61.2 Å². The Morgan fingerprint density at radius 3 is 2.14 bits per heavy atom. The van der Waals surface area contributed by atoms with Gasteiger partial charge in [0.25, 0.3) is 0 Å². The Labute approximate surface area is 129 Å². The van der Waals surface area contributed by atoms with Crippen LogP contribution in [0.4, 0.5) is 5.69 Å². The Morgan fingerprint density at radius 2 is 1.64 bits per heavy atom. The second-order valence-corrected chi connectivity index (χ2v) is 6.45. The Balaban J connectivity index is 1.66. The maximum atomic E-state index is 12.7. The number of benzene rings is 1. The molecule has 1 saturated heterocycles. The maximum absolute atomic E-state index is 12.7. The zero-order valence-electron chi connectivity index (χ0n) is 12.3. The molecule has 5 unspecified atom stereocenters. The summed E-state index contributed by atoms with van der Waals surface area (Å²) in [5.41, 5.74) is 1.52. The number of hydrogen-bond donors (Lipinski definition) is 0. The van der Waals surface area contributed by atoms with E-state index in [1.165, 1.54) is 4.90 Å². The Morgan fingerprint density at radius 1 is 1.09 bits per heavy atom. The molecule has 1 aromatic rings. The van der Waals surface area contributed by atoms with Crippen LogP contribution < -0.4 is 4.90 Å². The average molecular weight is 292 g/mol. The van der Waals surface area contributed by atoms with E-state index in [0.717, 1.165) is 12.0 Å². The fourth-order valence-corrected chi connectivity index (χ4v) is 4.14. The molecule has 3 aliphatic rings. The van der Waals surface area contributed by atoms with E-state index in [0.29, 0.717) is 5.69 Å². The van der Waals surface area contributed by atoms with Gasteiger partial charge in [-0.2, -0.15) is 5.26 Å². The van der Waals surface area contributed by atoms with Crippen molar-refractivity contribution in [2.75, 3.05) is 4.90 Å². The van der Waals surface area contributed by atoms with Gasteiger partial charge in [0, 0.05) is 0 Å². The summed E-state index contributed by atoms with van der Waals surface area (Å²) in [6, 6.07) is 9.38. The van der Waals surface area contributed by atoms with Crippen molar-refractivity contribution in [3.05, 3.63) is 42.0 Å². The van der Waals surface area contributed by atoms with Crippen LogP contribution in [-0.4, -0.2) is 11.8 Å². The molecule has 2 aliphatic carbocycles. The van der Waals surface area contributed by atoms with E-state index in [4.69, 9.17) is 5.26 Å². The second-order valence-electron chi connectivity index (χ2n) is 6.45. The van der Waals surface area contributed by atoms with E-state index in [2.05, 4.69) is 18.2 Å². The number of carbonyl (C=O) groups is 2. The lowest BCUT2D eigenvalue weighted by Gasteiger charge is -2.17. The Kier molecular flexibility index (Phi) is 2.74. The molecule has 2 amide bonds. The molecular weight excluding hydrogens is 276 g/mol. The molecule has 0 spiro atoms. The number of allylic oxidation sites excluding steroid dienone is 2. The van der Waals surface area contributed by atoms with Crippen LogP contribution in [-0.2, 0) is 9.59 Å². The number of amides is 2. The smallest absolute Gasteiger partial charge is 0.238 e. The summed E-state index contributed by atoms with van der Waals surface area (Å²) in [4.78, 5) is 26.7. The van der Waals surface area contributed by atoms with Crippen LogP contribution in [0.3, 0.4) is 0 Å². The third-order valence-corrected chi connectivity index (χ3v) is 5.32. The first-order valence-corrected chi connectivity index (χ1v) is 7.67. The summed E-state index contributed by atoms with van der Waals surface area (Å²) < 4.78 is 0. The monoisotopic (exact) mass is 292 g/mol. The highest BCUT2D eigenvalue weighted by molar-refractivity contribution is 6.22. The Bertz CT molecular complexity index is 698. The number of fused-ring (bicyclic) bond motifs is 5. The second kappa shape index (κ2) is 4.54. The number of imide groups is 1. The van der Waals surface area contributed by atoms with E-state index in [-0.39, 0.29) is 41.4 Å². The molecule has 0 radical (unpaired) electrons. The van der Waals surface area contributed by atoms with Gasteiger partial charge in [0.1, 0.15) is 0 Å². The summed E-state index contributed by atoms with van der Waals surface area (Å²) in [6.07, 6.45) is 5.13. The highest BCUT2D eigenvalue weighted by Crippen LogP contribution is 2.53. The number of hydrogen-bond acceptors (Lipinski definition) is 3. The Hall–Kier alpha value is -2.41. The van der Waals surface area contributed by atoms with Crippen molar-refractivity contribution in [2.24, 2.45) is 23.7 Å². The molecule has 1 saturated carbocycles. The van der Waals surface area contributed by atoms with Gasteiger partial charge in [-0.05, 0) is 42.9 Å². The van der Waals surface area contributed by atoms with Gasteiger partial charge in [-0.1, -0.05) is 24.3 Å². The minimum Gasteiger partial charge on any atom is -0.274 e. The maximum Gasteiger partial charge on any atom is 0.238 e. The van der Waals surface area contributed by atoms with E-state index in [1.807, 2.05) is 19.1 Å². The van der Waals surface area contributed by atoms with Crippen LogP contribution in [0.25, 0.3) is 0 Å². The number of carbonyl (C=O) groups excluding carboxylic acids is 2. The van der Waals surface area contributed by atoms with Gasteiger partial charge in [0.2, 0.25) is 11.8 Å². The molecule has 1 aliphatic heterocycles. The molecule has 0 aromatic heterocycles. The van der Waals surface area contributed by atoms with Gasteiger partial charge >= 0.3 is 0 Å². The summed E-state index contributed by atoms with van der Waals surface area (Å²) in [5.74, 6) is -0.191. The van der Waals surface area contributed by atoms with Crippen LogP contribution in [0, 0.1) is 35.0 Å². The highest BCUT2D eigenvalue weighted by atomic mass is 16.2. The number of rotatable bonds is 2. The number of nitriles is 1.